The van der Waals surface area contributed by atoms with Crippen LogP contribution in [0, 0.1) is 11.7 Å². The molecule has 2 rings (SSSR count). The van der Waals surface area contributed by atoms with Crippen molar-refractivity contribution < 1.29 is 4.39 Å². The lowest BCUT2D eigenvalue weighted by Crippen LogP contribution is -2.26. The van der Waals surface area contributed by atoms with Crippen LogP contribution >= 0.6 is 0 Å². The number of rotatable bonds is 2. The standard InChI is InChI=1S/C14H21FN2/c1-11-4-3-8-17(9-7-11)14-6-2-5-13(15)12(14)10-16/h2,5-6,11H,3-4,7-10,16H2,1H3. The van der Waals surface area contributed by atoms with Crippen LogP contribution < -0.4 is 10.6 Å². The third-order valence-electron chi connectivity index (χ3n) is 3.66. The Morgan fingerprint density at radius 3 is 2.94 bits per heavy atom. The maximum atomic E-state index is 13.7. The first-order valence-electron chi connectivity index (χ1n) is 6.44. The number of hydrogen-bond acceptors (Lipinski definition) is 2. The van der Waals surface area contributed by atoms with Crippen molar-refractivity contribution in [2.75, 3.05) is 18.0 Å². The normalized spacial score (nSPS) is 21.4. The zero-order chi connectivity index (χ0) is 12.3. The maximum Gasteiger partial charge on any atom is 0.129 e. The van der Waals surface area contributed by atoms with Gasteiger partial charge in [0.05, 0.1) is 0 Å². The molecule has 0 spiro atoms. The Morgan fingerprint density at radius 2 is 2.18 bits per heavy atom. The molecule has 0 radical (unpaired) electrons. The molecule has 94 valence electrons. The number of anilines is 1. The van der Waals surface area contributed by atoms with E-state index in [1.807, 2.05) is 6.07 Å². The summed E-state index contributed by atoms with van der Waals surface area (Å²) >= 11 is 0. The first-order chi connectivity index (χ1) is 8.22. The van der Waals surface area contributed by atoms with E-state index in [-0.39, 0.29) is 12.4 Å². The average molecular weight is 236 g/mol. The topological polar surface area (TPSA) is 29.3 Å². The van der Waals surface area contributed by atoms with Crippen LogP contribution in [0.5, 0.6) is 0 Å². The third kappa shape index (κ3) is 2.78. The highest BCUT2D eigenvalue weighted by Crippen LogP contribution is 2.26. The molecule has 1 aromatic rings. The second kappa shape index (κ2) is 5.50. The quantitative estimate of drug-likeness (QED) is 0.855. The molecule has 2 nitrogen and oxygen atoms in total. The van der Waals surface area contributed by atoms with Gasteiger partial charge in [0, 0.05) is 30.9 Å². The number of nitrogens with zero attached hydrogens (tertiary/aromatic N) is 1. The van der Waals surface area contributed by atoms with Gasteiger partial charge in [-0.05, 0) is 37.3 Å². The molecule has 3 heteroatoms. The highest BCUT2D eigenvalue weighted by Gasteiger charge is 2.17. The van der Waals surface area contributed by atoms with Crippen molar-refractivity contribution in [2.24, 2.45) is 11.7 Å². The van der Waals surface area contributed by atoms with Crippen LogP contribution in [0.15, 0.2) is 18.2 Å². The molecule has 0 bridgehead atoms. The minimum Gasteiger partial charge on any atom is -0.371 e. The minimum absolute atomic E-state index is 0.178. The molecule has 17 heavy (non-hydrogen) atoms. The van der Waals surface area contributed by atoms with E-state index >= 15 is 0 Å². The highest BCUT2D eigenvalue weighted by atomic mass is 19.1. The van der Waals surface area contributed by atoms with E-state index in [1.165, 1.54) is 25.3 Å². The van der Waals surface area contributed by atoms with Crippen molar-refractivity contribution in [2.45, 2.75) is 32.7 Å². The van der Waals surface area contributed by atoms with Gasteiger partial charge in [-0.1, -0.05) is 13.0 Å². The van der Waals surface area contributed by atoms with E-state index in [0.29, 0.717) is 5.56 Å². The zero-order valence-corrected chi connectivity index (χ0v) is 10.5. The minimum atomic E-state index is -0.178. The molecule has 0 saturated carbocycles. The van der Waals surface area contributed by atoms with Gasteiger partial charge in [0.1, 0.15) is 5.82 Å². The lowest BCUT2D eigenvalue weighted by atomic mass is 10.0. The van der Waals surface area contributed by atoms with Gasteiger partial charge in [0.2, 0.25) is 0 Å². The number of benzene rings is 1. The van der Waals surface area contributed by atoms with E-state index in [2.05, 4.69) is 11.8 Å². The summed E-state index contributed by atoms with van der Waals surface area (Å²) in [6.07, 6.45) is 3.63. The summed E-state index contributed by atoms with van der Waals surface area (Å²) in [7, 11) is 0. The molecule has 0 amide bonds. The van der Waals surface area contributed by atoms with Gasteiger partial charge in [-0.25, -0.2) is 4.39 Å². The fraction of sp³-hybridized carbons (Fsp3) is 0.571. The maximum absolute atomic E-state index is 13.7. The Morgan fingerprint density at radius 1 is 1.35 bits per heavy atom. The average Bonchev–Trinajstić information content (AvgIpc) is 2.54. The molecule has 1 aliphatic heterocycles. The molecule has 1 unspecified atom stereocenters. The van der Waals surface area contributed by atoms with Crippen LogP contribution in [0.1, 0.15) is 31.7 Å². The Hall–Kier alpha value is -1.09. The first kappa shape index (κ1) is 12.4. The van der Waals surface area contributed by atoms with E-state index in [4.69, 9.17) is 5.73 Å². The van der Waals surface area contributed by atoms with Crippen LogP contribution in [-0.4, -0.2) is 13.1 Å². The number of nitrogens with two attached hydrogens (primary N) is 1. The molecule has 2 N–H and O–H groups in total. The predicted octanol–water partition coefficient (Wildman–Crippen LogP) is 2.91. The summed E-state index contributed by atoms with van der Waals surface area (Å²) in [6, 6.07) is 5.26. The van der Waals surface area contributed by atoms with Crippen LogP contribution in [0.4, 0.5) is 10.1 Å². The van der Waals surface area contributed by atoms with Crippen molar-refractivity contribution in [3.05, 3.63) is 29.6 Å². The van der Waals surface area contributed by atoms with Gasteiger partial charge in [-0.15, -0.1) is 0 Å². The van der Waals surface area contributed by atoms with Crippen molar-refractivity contribution in [3.8, 4) is 0 Å². The van der Waals surface area contributed by atoms with E-state index < -0.39 is 0 Å². The summed E-state index contributed by atoms with van der Waals surface area (Å²) in [5.41, 5.74) is 7.30. The van der Waals surface area contributed by atoms with Gasteiger partial charge in [-0.2, -0.15) is 0 Å². The fourth-order valence-electron chi connectivity index (χ4n) is 2.55. The fourth-order valence-corrected chi connectivity index (χ4v) is 2.55. The smallest absolute Gasteiger partial charge is 0.129 e. The second-order valence-electron chi connectivity index (χ2n) is 4.96. The van der Waals surface area contributed by atoms with Crippen LogP contribution in [0.3, 0.4) is 0 Å². The molecule has 1 saturated heterocycles. The molecule has 1 atom stereocenters. The summed E-state index contributed by atoms with van der Waals surface area (Å²) < 4.78 is 13.7. The van der Waals surface area contributed by atoms with Crippen molar-refractivity contribution in [1.82, 2.24) is 0 Å². The summed E-state index contributed by atoms with van der Waals surface area (Å²) in [5.74, 6) is 0.595. The Bertz CT molecular complexity index is 378. The van der Waals surface area contributed by atoms with Crippen molar-refractivity contribution >= 4 is 5.69 Å². The molecular weight excluding hydrogens is 215 g/mol. The molecule has 1 aliphatic rings. The highest BCUT2D eigenvalue weighted by molar-refractivity contribution is 5.54. The van der Waals surface area contributed by atoms with E-state index in [9.17, 15) is 4.39 Å². The summed E-state index contributed by atoms with van der Waals surface area (Å²) in [4.78, 5) is 2.29. The first-order valence-corrected chi connectivity index (χ1v) is 6.44. The van der Waals surface area contributed by atoms with Gasteiger partial charge in [0.25, 0.3) is 0 Å². The van der Waals surface area contributed by atoms with Crippen LogP contribution in [-0.2, 0) is 6.54 Å². The lowest BCUT2D eigenvalue weighted by molar-refractivity contribution is 0.521. The van der Waals surface area contributed by atoms with E-state index in [1.54, 1.807) is 6.07 Å². The van der Waals surface area contributed by atoms with Crippen molar-refractivity contribution in [1.29, 1.82) is 0 Å². The Kier molecular flexibility index (Phi) is 4.00. The Labute approximate surface area is 103 Å². The zero-order valence-electron chi connectivity index (χ0n) is 10.5. The number of halogens is 1. The molecule has 1 aromatic carbocycles. The van der Waals surface area contributed by atoms with Gasteiger partial charge < -0.3 is 10.6 Å². The summed E-state index contributed by atoms with van der Waals surface area (Å²) in [5, 5.41) is 0. The van der Waals surface area contributed by atoms with Crippen molar-refractivity contribution in [3.63, 3.8) is 0 Å². The van der Waals surface area contributed by atoms with Crippen LogP contribution in [0.25, 0.3) is 0 Å². The molecular formula is C14H21FN2. The molecule has 1 fully saturated rings. The Balaban J connectivity index is 2.23. The predicted molar refractivity (Wildman–Crippen MR) is 69.5 cm³/mol. The number of hydrogen-bond donors (Lipinski definition) is 1. The van der Waals surface area contributed by atoms with Gasteiger partial charge in [0.15, 0.2) is 0 Å². The largest absolute Gasteiger partial charge is 0.371 e. The van der Waals surface area contributed by atoms with Gasteiger partial charge in [-0.3, -0.25) is 0 Å². The molecule has 1 heterocycles. The lowest BCUT2D eigenvalue weighted by Gasteiger charge is -2.25. The monoisotopic (exact) mass is 236 g/mol. The van der Waals surface area contributed by atoms with E-state index in [0.717, 1.165) is 24.7 Å². The summed E-state index contributed by atoms with van der Waals surface area (Å²) in [6.45, 7) is 4.59. The molecule has 0 aliphatic carbocycles. The second-order valence-corrected chi connectivity index (χ2v) is 4.96. The third-order valence-corrected chi connectivity index (χ3v) is 3.66. The van der Waals surface area contributed by atoms with Crippen LogP contribution in [0.2, 0.25) is 0 Å². The SMILES string of the molecule is CC1CCCN(c2cccc(F)c2CN)CC1. The molecule has 0 aromatic heterocycles. The van der Waals surface area contributed by atoms with Gasteiger partial charge >= 0.3 is 0 Å².